The Labute approximate surface area is 464 Å². The molecule has 0 radical (unpaired) electrons. The first-order chi connectivity index (χ1) is 38.5. The van der Waals surface area contributed by atoms with Crippen molar-refractivity contribution in [1.29, 1.82) is 0 Å². The van der Waals surface area contributed by atoms with Gasteiger partial charge in [0.25, 0.3) is 17.7 Å². The average Bonchev–Trinajstić information content (AvgIpc) is 4.52. The van der Waals surface area contributed by atoms with E-state index in [1.54, 1.807) is 157 Å². The number of aryl methyl sites for hydroxylation is 7. The Balaban J connectivity index is 0.736. The van der Waals surface area contributed by atoms with E-state index in [2.05, 4.69) is 30.9 Å². The molecule has 418 valence electrons. The second kappa shape index (κ2) is 22.8. The van der Waals surface area contributed by atoms with E-state index < -0.39 is 23.8 Å². The molecule has 9 rings (SSSR count). The summed E-state index contributed by atoms with van der Waals surface area (Å²) in [5.41, 5.74) is 12.8. The summed E-state index contributed by atoms with van der Waals surface area (Å²) in [5.74, 6) is -2.12. The topological polar surface area (TPSA) is 295 Å². The largest absolute Gasteiger partial charge is 0.505 e. The second-order valence-corrected chi connectivity index (χ2v) is 20.4. The maximum Gasteiger partial charge on any atom is 0.291 e. The van der Waals surface area contributed by atoms with Gasteiger partial charge in [-0.05, 0) is 77.2 Å². The molecule has 0 unspecified atom stereocenters. The van der Waals surface area contributed by atoms with Crippen molar-refractivity contribution in [3.05, 3.63) is 160 Å². The molecular formula is C58H62N14O9. The average molecular weight is 1100 g/mol. The van der Waals surface area contributed by atoms with Crippen LogP contribution in [0, 0.1) is 0 Å². The number of Topliss-reactive ketones (excluding diaryl/α,β-unsaturated/α-hetero) is 5. The van der Waals surface area contributed by atoms with Crippen LogP contribution in [0.4, 0.5) is 11.4 Å². The van der Waals surface area contributed by atoms with Gasteiger partial charge in [0.05, 0.1) is 57.0 Å². The predicted molar refractivity (Wildman–Crippen MR) is 301 cm³/mol. The highest BCUT2D eigenvalue weighted by atomic mass is 16.3. The molecule has 1 aromatic carbocycles. The second-order valence-electron chi connectivity index (χ2n) is 20.4. The van der Waals surface area contributed by atoms with E-state index >= 15 is 0 Å². The number of aromatic nitrogens is 10. The quantitative estimate of drug-likeness (QED) is 0.0443. The molecule has 23 heteroatoms. The number of fused-ring (bicyclic) bond motifs is 1. The number of nitrogens with two attached hydrogens (primary N) is 1. The number of carbonyl (C=O) groups excluding carboxylic acids is 8. The van der Waals surface area contributed by atoms with E-state index in [1.165, 1.54) is 29.1 Å². The standard InChI is InChI=1S/C58H62N14O9/c1-9-47(73)41-16-33(27-67(41)3)21-49(75)43-18-35(29-69(43)5)23-51(77)44-19-34(28-70(44)6)22-50(76)42-17-32(26-68(42)4)20-48(74)39(59)12-13-61-57(80)46-25-37(31-72(46)8)62-56(79)38-10-11-40-52(53(38)78)65-54(64-40)45-24-36(30-71(45)7)63-58(81)55-60-14-15-66(55)2/h10-11,14-19,24-31,39,78H,9,12-13,20-23,59H2,1-8H3,(H,61,80)(H,62,79)(H,63,81)(H,64,65)/t39-/m1/s1. The fraction of sp³-hybridized carbons (Fsp3) is 0.276. The summed E-state index contributed by atoms with van der Waals surface area (Å²) in [6.45, 7) is 1.85. The summed E-state index contributed by atoms with van der Waals surface area (Å²) in [7, 11) is 12.1. The molecule has 0 bridgehead atoms. The zero-order valence-electron chi connectivity index (χ0n) is 46.1. The van der Waals surface area contributed by atoms with Gasteiger partial charge in [0.15, 0.2) is 46.3 Å². The van der Waals surface area contributed by atoms with Crippen LogP contribution in [0.25, 0.3) is 22.6 Å². The highest BCUT2D eigenvalue weighted by Gasteiger charge is 2.25. The maximum atomic E-state index is 13.6. The summed E-state index contributed by atoms with van der Waals surface area (Å²) in [6, 6.07) is 12.1. The first-order valence-electron chi connectivity index (χ1n) is 26.0. The van der Waals surface area contributed by atoms with Gasteiger partial charge in [-0.15, -0.1) is 0 Å². The highest BCUT2D eigenvalue weighted by Crippen LogP contribution is 2.32. The number of hydrogen-bond donors (Lipinski definition) is 6. The minimum Gasteiger partial charge on any atom is -0.505 e. The van der Waals surface area contributed by atoms with Crippen LogP contribution in [0.15, 0.2) is 98.1 Å². The number of rotatable bonds is 23. The van der Waals surface area contributed by atoms with Crippen LogP contribution in [-0.2, 0) is 79.8 Å². The number of benzene rings is 1. The van der Waals surface area contributed by atoms with Crippen molar-refractivity contribution in [2.75, 3.05) is 17.2 Å². The Hall–Kier alpha value is -9.90. The van der Waals surface area contributed by atoms with Gasteiger partial charge in [-0.25, -0.2) is 9.97 Å². The Morgan fingerprint density at radius 2 is 1.07 bits per heavy atom. The number of hydrogen-bond acceptors (Lipinski definition) is 12. The number of anilines is 2. The molecule has 0 saturated carbocycles. The molecule has 8 heterocycles. The number of H-pyrrole nitrogens is 1. The van der Waals surface area contributed by atoms with Crippen LogP contribution in [0.2, 0.25) is 0 Å². The Morgan fingerprint density at radius 3 is 1.60 bits per heavy atom. The molecule has 7 N–H and O–H groups in total. The Morgan fingerprint density at radius 1 is 0.580 bits per heavy atom. The van der Waals surface area contributed by atoms with Crippen molar-refractivity contribution in [1.82, 2.24) is 52.2 Å². The molecule has 81 heavy (non-hydrogen) atoms. The number of nitrogens with zero attached hydrogens (tertiary/aromatic N) is 9. The third-order valence-corrected chi connectivity index (χ3v) is 14.2. The first kappa shape index (κ1) is 55.8. The summed E-state index contributed by atoms with van der Waals surface area (Å²) in [5, 5.41) is 19.6. The van der Waals surface area contributed by atoms with Crippen molar-refractivity contribution in [2.24, 2.45) is 55.1 Å². The van der Waals surface area contributed by atoms with Crippen LogP contribution in [0.3, 0.4) is 0 Å². The monoisotopic (exact) mass is 1100 g/mol. The summed E-state index contributed by atoms with van der Waals surface area (Å²) < 4.78 is 11.6. The van der Waals surface area contributed by atoms with Crippen LogP contribution < -0.4 is 21.7 Å². The first-order valence-corrected chi connectivity index (χ1v) is 26.0. The normalized spacial score (nSPS) is 11.8. The van der Waals surface area contributed by atoms with Gasteiger partial charge in [0, 0.05) is 138 Å². The lowest BCUT2D eigenvalue weighted by Crippen LogP contribution is -2.36. The molecule has 0 fully saturated rings. The Kier molecular flexibility index (Phi) is 15.7. The van der Waals surface area contributed by atoms with E-state index in [1.807, 2.05) is 0 Å². The number of aromatic hydroxyl groups is 1. The lowest BCUT2D eigenvalue weighted by Gasteiger charge is -2.11. The summed E-state index contributed by atoms with van der Waals surface area (Å²) in [6.07, 6.45) is 14.0. The van der Waals surface area contributed by atoms with Gasteiger partial charge < -0.3 is 63.7 Å². The highest BCUT2D eigenvalue weighted by molar-refractivity contribution is 6.10. The van der Waals surface area contributed by atoms with Crippen molar-refractivity contribution in [2.45, 2.75) is 51.5 Å². The van der Waals surface area contributed by atoms with E-state index in [0.29, 0.717) is 68.6 Å². The van der Waals surface area contributed by atoms with Crippen LogP contribution >= 0.6 is 0 Å². The lowest BCUT2D eigenvalue weighted by molar-refractivity contribution is -0.119. The van der Waals surface area contributed by atoms with Gasteiger partial charge in [-0.2, -0.15) is 0 Å². The molecule has 1 atom stereocenters. The predicted octanol–water partition coefficient (Wildman–Crippen LogP) is 5.33. The minimum absolute atomic E-state index is 0.00105. The number of nitrogens with one attached hydrogen (secondary N) is 4. The number of carbonyl (C=O) groups is 8. The van der Waals surface area contributed by atoms with E-state index in [-0.39, 0.29) is 102 Å². The molecule has 0 spiro atoms. The summed E-state index contributed by atoms with van der Waals surface area (Å²) in [4.78, 5) is 117. The number of aromatic amines is 1. The fourth-order valence-electron chi connectivity index (χ4n) is 10.0. The lowest BCUT2D eigenvalue weighted by atomic mass is 10.0. The third-order valence-electron chi connectivity index (χ3n) is 14.2. The van der Waals surface area contributed by atoms with E-state index in [9.17, 15) is 43.5 Å². The summed E-state index contributed by atoms with van der Waals surface area (Å²) >= 11 is 0. The van der Waals surface area contributed by atoms with Gasteiger partial charge in [0.1, 0.15) is 11.2 Å². The van der Waals surface area contributed by atoms with E-state index in [4.69, 9.17) is 5.73 Å². The van der Waals surface area contributed by atoms with Crippen LogP contribution in [-0.4, -0.2) is 111 Å². The number of ketones is 5. The molecule has 9 aromatic rings. The minimum atomic E-state index is -0.928. The van der Waals surface area contributed by atoms with Gasteiger partial charge in [-0.1, -0.05) is 6.92 Å². The number of phenolic OH excluding ortho intramolecular Hbond substituents is 1. The zero-order valence-corrected chi connectivity index (χ0v) is 46.1. The molecular weight excluding hydrogens is 1040 g/mol. The van der Waals surface area contributed by atoms with Crippen molar-refractivity contribution >= 4 is 69.0 Å². The van der Waals surface area contributed by atoms with Gasteiger partial charge in [0.2, 0.25) is 0 Å². The SMILES string of the molecule is CCC(=O)c1cc(CC(=O)c2cc(CC(=O)c3cc(CC(=O)c4cc(CC(=O)[C@H](N)CCNC(=O)c5cc(NC(=O)c6ccc7[nH]c(-c8cc(NC(=O)c9nccn9C)cn8C)nc7c6O)cn5C)cn4C)cn3C)cn2C)cn1C. The molecule has 0 aliphatic carbocycles. The number of imidazole rings is 2. The molecule has 0 aliphatic heterocycles. The molecule has 0 aliphatic rings. The van der Waals surface area contributed by atoms with Crippen LogP contribution in [0.5, 0.6) is 5.75 Å². The van der Waals surface area contributed by atoms with E-state index in [0.717, 1.165) is 5.56 Å². The van der Waals surface area contributed by atoms with Crippen molar-refractivity contribution in [3.8, 4) is 17.3 Å². The number of amides is 3. The van der Waals surface area contributed by atoms with Crippen LogP contribution in [0.1, 0.15) is 115 Å². The number of phenols is 1. The van der Waals surface area contributed by atoms with Gasteiger partial charge >= 0.3 is 0 Å². The molecule has 23 nitrogen and oxygen atoms in total. The van der Waals surface area contributed by atoms with Gasteiger partial charge in [-0.3, -0.25) is 38.4 Å². The Bertz CT molecular complexity index is 3990. The van der Waals surface area contributed by atoms with Crippen molar-refractivity contribution in [3.63, 3.8) is 0 Å². The molecule has 0 saturated heterocycles. The van der Waals surface area contributed by atoms with Crippen molar-refractivity contribution < 1.29 is 43.5 Å². The smallest absolute Gasteiger partial charge is 0.291 e. The fourth-order valence-corrected chi connectivity index (χ4v) is 10.0. The zero-order chi connectivity index (χ0) is 58.1. The molecule has 8 aromatic heterocycles. The maximum absolute atomic E-state index is 13.6. The third kappa shape index (κ3) is 11.9. The molecule has 3 amide bonds.